The van der Waals surface area contributed by atoms with Gasteiger partial charge in [0.15, 0.2) is 0 Å². The first-order chi connectivity index (χ1) is 9.67. The highest BCUT2D eigenvalue weighted by Gasteiger charge is 2.21. The highest BCUT2D eigenvalue weighted by Crippen LogP contribution is 2.29. The SMILES string of the molecule is COC(=O)C[C@H](C)NCc1ccc(OCC2CC2)cc1. The van der Waals surface area contributed by atoms with Gasteiger partial charge in [0.2, 0.25) is 0 Å². The second-order valence-electron chi connectivity index (χ2n) is 5.46. The standard InChI is InChI=1S/C16H23NO3/c1-12(9-16(18)19-2)17-10-13-5-7-15(8-6-13)20-11-14-3-4-14/h5-8,12,14,17H,3-4,9-11H2,1-2H3/t12-/m0/s1. The van der Waals surface area contributed by atoms with Crippen molar-refractivity contribution in [2.75, 3.05) is 13.7 Å². The van der Waals surface area contributed by atoms with Crippen molar-refractivity contribution >= 4 is 5.97 Å². The van der Waals surface area contributed by atoms with Crippen molar-refractivity contribution in [2.45, 2.75) is 38.8 Å². The van der Waals surface area contributed by atoms with Gasteiger partial charge in [-0.2, -0.15) is 0 Å². The number of nitrogens with one attached hydrogen (secondary N) is 1. The van der Waals surface area contributed by atoms with Crippen LogP contribution in [0.1, 0.15) is 31.7 Å². The van der Waals surface area contributed by atoms with Crippen LogP contribution >= 0.6 is 0 Å². The van der Waals surface area contributed by atoms with Crippen molar-refractivity contribution in [1.29, 1.82) is 0 Å². The summed E-state index contributed by atoms with van der Waals surface area (Å²) in [5, 5.41) is 3.30. The molecule has 20 heavy (non-hydrogen) atoms. The number of benzene rings is 1. The molecule has 4 nitrogen and oxygen atoms in total. The van der Waals surface area contributed by atoms with Gasteiger partial charge in [-0.1, -0.05) is 12.1 Å². The highest BCUT2D eigenvalue weighted by atomic mass is 16.5. The minimum absolute atomic E-state index is 0.105. The molecule has 0 saturated heterocycles. The van der Waals surface area contributed by atoms with E-state index in [9.17, 15) is 4.79 Å². The van der Waals surface area contributed by atoms with Gasteiger partial charge >= 0.3 is 5.97 Å². The van der Waals surface area contributed by atoms with E-state index in [1.807, 2.05) is 19.1 Å². The normalized spacial score (nSPS) is 15.7. The van der Waals surface area contributed by atoms with E-state index in [1.165, 1.54) is 25.5 Å². The topological polar surface area (TPSA) is 47.6 Å². The van der Waals surface area contributed by atoms with Crippen LogP contribution in [0.5, 0.6) is 5.75 Å². The minimum Gasteiger partial charge on any atom is -0.493 e. The zero-order valence-electron chi connectivity index (χ0n) is 12.2. The largest absolute Gasteiger partial charge is 0.493 e. The van der Waals surface area contributed by atoms with E-state index < -0.39 is 0 Å². The Balaban J connectivity index is 1.70. The molecule has 0 aliphatic heterocycles. The van der Waals surface area contributed by atoms with Gasteiger partial charge in [-0.3, -0.25) is 4.79 Å². The predicted molar refractivity (Wildman–Crippen MR) is 77.6 cm³/mol. The molecule has 0 spiro atoms. The number of hydrogen-bond donors (Lipinski definition) is 1. The second-order valence-corrected chi connectivity index (χ2v) is 5.46. The van der Waals surface area contributed by atoms with Gasteiger partial charge in [-0.05, 0) is 43.4 Å². The van der Waals surface area contributed by atoms with Crippen LogP contribution in [0.25, 0.3) is 0 Å². The summed E-state index contributed by atoms with van der Waals surface area (Å²) in [6.45, 7) is 3.55. The van der Waals surface area contributed by atoms with E-state index in [1.54, 1.807) is 0 Å². The highest BCUT2D eigenvalue weighted by molar-refractivity contribution is 5.69. The number of ether oxygens (including phenoxy) is 2. The Kier molecular flexibility index (Phi) is 5.41. The fraction of sp³-hybridized carbons (Fsp3) is 0.562. The number of methoxy groups -OCH3 is 1. The Hall–Kier alpha value is -1.55. The summed E-state index contributed by atoms with van der Waals surface area (Å²) in [5.74, 6) is 1.52. The van der Waals surface area contributed by atoms with Crippen molar-refractivity contribution in [3.63, 3.8) is 0 Å². The maximum Gasteiger partial charge on any atom is 0.307 e. The fourth-order valence-corrected chi connectivity index (χ4v) is 1.90. The van der Waals surface area contributed by atoms with E-state index in [0.29, 0.717) is 6.42 Å². The van der Waals surface area contributed by atoms with E-state index in [4.69, 9.17) is 4.74 Å². The smallest absolute Gasteiger partial charge is 0.307 e. The molecule has 0 unspecified atom stereocenters. The Bertz CT molecular complexity index is 426. The molecule has 1 aromatic carbocycles. The lowest BCUT2D eigenvalue weighted by Gasteiger charge is -2.13. The van der Waals surface area contributed by atoms with Crippen molar-refractivity contribution < 1.29 is 14.3 Å². The molecule has 0 aromatic heterocycles. The molecule has 1 saturated carbocycles. The summed E-state index contributed by atoms with van der Waals surface area (Å²) in [6.07, 6.45) is 3.00. The third-order valence-electron chi connectivity index (χ3n) is 3.46. The molecule has 0 amide bonds. The summed E-state index contributed by atoms with van der Waals surface area (Å²) >= 11 is 0. The van der Waals surface area contributed by atoms with Gasteiger partial charge in [0.1, 0.15) is 5.75 Å². The molecule has 1 fully saturated rings. The van der Waals surface area contributed by atoms with Crippen LogP contribution in [-0.2, 0) is 16.1 Å². The molecule has 1 N–H and O–H groups in total. The van der Waals surface area contributed by atoms with Gasteiger partial charge in [0.25, 0.3) is 0 Å². The van der Waals surface area contributed by atoms with Crippen LogP contribution in [0.4, 0.5) is 0 Å². The van der Waals surface area contributed by atoms with E-state index in [2.05, 4.69) is 22.2 Å². The van der Waals surface area contributed by atoms with Crippen LogP contribution in [0.15, 0.2) is 24.3 Å². The summed E-state index contributed by atoms with van der Waals surface area (Å²) < 4.78 is 10.3. The molecule has 4 heteroatoms. The van der Waals surface area contributed by atoms with Gasteiger partial charge in [0.05, 0.1) is 20.1 Å². The quantitative estimate of drug-likeness (QED) is 0.742. The monoisotopic (exact) mass is 277 g/mol. The number of hydrogen-bond acceptors (Lipinski definition) is 4. The number of carbonyl (C=O) groups is 1. The molecular formula is C16H23NO3. The van der Waals surface area contributed by atoms with E-state index >= 15 is 0 Å². The average Bonchev–Trinajstić information content (AvgIpc) is 3.28. The zero-order valence-corrected chi connectivity index (χ0v) is 12.2. The predicted octanol–water partition coefficient (Wildman–Crippen LogP) is 2.52. The van der Waals surface area contributed by atoms with E-state index in [0.717, 1.165) is 24.8 Å². The first kappa shape index (κ1) is 14.9. The second kappa shape index (κ2) is 7.29. The molecule has 1 atom stereocenters. The molecule has 1 aliphatic rings. The van der Waals surface area contributed by atoms with Crippen LogP contribution in [0.2, 0.25) is 0 Å². The molecule has 1 aliphatic carbocycles. The Labute approximate surface area is 120 Å². The lowest BCUT2D eigenvalue weighted by Crippen LogP contribution is -2.28. The van der Waals surface area contributed by atoms with Crippen LogP contribution in [-0.4, -0.2) is 25.7 Å². The number of carbonyl (C=O) groups excluding carboxylic acids is 1. The average molecular weight is 277 g/mol. The van der Waals surface area contributed by atoms with Gasteiger partial charge < -0.3 is 14.8 Å². The van der Waals surface area contributed by atoms with Crippen molar-refractivity contribution in [2.24, 2.45) is 5.92 Å². The summed E-state index contributed by atoms with van der Waals surface area (Å²) in [5.41, 5.74) is 1.18. The Morgan fingerprint density at radius 2 is 2.05 bits per heavy atom. The van der Waals surface area contributed by atoms with Crippen LogP contribution in [0.3, 0.4) is 0 Å². The third kappa shape index (κ3) is 5.21. The first-order valence-electron chi connectivity index (χ1n) is 7.19. The summed E-state index contributed by atoms with van der Waals surface area (Å²) in [7, 11) is 1.41. The molecule has 2 rings (SSSR count). The van der Waals surface area contributed by atoms with Crippen molar-refractivity contribution in [3.8, 4) is 5.75 Å². The van der Waals surface area contributed by atoms with Crippen LogP contribution in [0, 0.1) is 5.92 Å². The molecule has 0 heterocycles. The number of esters is 1. The maximum atomic E-state index is 11.1. The molecule has 0 radical (unpaired) electrons. The Morgan fingerprint density at radius 3 is 2.65 bits per heavy atom. The number of rotatable bonds is 8. The summed E-state index contributed by atoms with van der Waals surface area (Å²) in [4.78, 5) is 11.1. The first-order valence-corrected chi connectivity index (χ1v) is 7.19. The zero-order chi connectivity index (χ0) is 14.4. The van der Waals surface area contributed by atoms with Crippen molar-refractivity contribution in [1.82, 2.24) is 5.32 Å². The third-order valence-corrected chi connectivity index (χ3v) is 3.46. The molecule has 1 aromatic rings. The van der Waals surface area contributed by atoms with Crippen LogP contribution < -0.4 is 10.1 Å². The fourth-order valence-electron chi connectivity index (χ4n) is 1.90. The maximum absolute atomic E-state index is 11.1. The lowest BCUT2D eigenvalue weighted by atomic mass is 10.2. The minimum atomic E-state index is -0.186. The molecular weight excluding hydrogens is 254 g/mol. The van der Waals surface area contributed by atoms with Crippen molar-refractivity contribution in [3.05, 3.63) is 29.8 Å². The molecule has 110 valence electrons. The molecule has 0 bridgehead atoms. The Morgan fingerprint density at radius 1 is 1.35 bits per heavy atom. The van der Waals surface area contributed by atoms with Gasteiger partial charge in [-0.25, -0.2) is 0 Å². The van der Waals surface area contributed by atoms with Gasteiger partial charge in [-0.15, -0.1) is 0 Å². The van der Waals surface area contributed by atoms with Gasteiger partial charge in [0, 0.05) is 12.6 Å². The summed E-state index contributed by atoms with van der Waals surface area (Å²) in [6, 6.07) is 8.22. The lowest BCUT2D eigenvalue weighted by molar-refractivity contribution is -0.141. The van der Waals surface area contributed by atoms with E-state index in [-0.39, 0.29) is 12.0 Å².